The summed E-state index contributed by atoms with van der Waals surface area (Å²) < 4.78 is 0. The molecule has 21 heavy (non-hydrogen) atoms. The summed E-state index contributed by atoms with van der Waals surface area (Å²) in [6.07, 6.45) is 0. The number of rotatable bonds is 2. The third-order valence-corrected chi connectivity index (χ3v) is 3.70. The van der Waals surface area contributed by atoms with Crippen LogP contribution in [0.4, 0.5) is 0 Å². The largest absolute Gasteiger partial charge is 0.507 e. The lowest BCUT2D eigenvalue weighted by molar-refractivity contribution is 0.477. The fourth-order valence-corrected chi connectivity index (χ4v) is 2.65. The summed E-state index contributed by atoms with van der Waals surface area (Å²) in [4.78, 5) is 0. The predicted octanol–water partition coefficient (Wildman–Crippen LogP) is 5.34. The zero-order chi connectivity index (χ0) is 14.8. The normalized spacial score (nSPS) is 10.6. The molecule has 1 N–H and O–H groups in total. The molecule has 0 aliphatic carbocycles. The zero-order valence-corrected chi connectivity index (χ0v) is 12.3. The van der Waals surface area contributed by atoms with E-state index in [1.807, 2.05) is 18.2 Å². The molecule has 1 nitrogen and oxygen atoms in total. The molecular formula is C20H18O. The van der Waals surface area contributed by atoms with Crippen molar-refractivity contribution in [3.05, 3.63) is 77.9 Å². The van der Waals surface area contributed by atoms with Crippen molar-refractivity contribution >= 4 is 0 Å². The molecular weight excluding hydrogens is 256 g/mol. The maximum absolute atomic E-state index is 10.2. The topological polar surface area (TPSA) is 20.2 Å². The van der Waals surface area contributed by atoms with Crippen LogP contribution in [-0.4, -0.2) is 5.11 Å². The van der Waals surface area contributed by atoms with Gasteiger partial charge in [-0.25, -0.2) is 0 Å². The summed E-state index contributed by atoms with van der Waals surface area (Å²) >= 11 is 0. The molecule has 0 fully saturated rings. The van der Waals surface area contributed by atoms with Crippen molar-refractivity contribution in [3.8, 4) is 28.0 Å². The SMILES string of the molecule is Cc1cccc(-c2cc(C)ccc2-c2ccccc2O)c1. The highest BCUT2D eigenvalue weighted by molar-refractivity contribution is 5.86. The molecule has 0 bridgehead atoms. The highest BCUT2D eigenvalue weighted by Gasteiger charge is 2.11. The molecule has 0 spiro atoms. The lowest BCUT2D eigenvalue weighted by Gasteiger charge is -2.13. The van der Waals surface area contributed by atoms with Crippen LogP contribution >= 0.6 is 0 Å². The summed E-state index contributed by atoms with van der Waals surface area (Å²) in [7, 11) is 0. The molecule has 0 aliphatic heterocycles. The van der Waals surface area contributed by atoms with Crippen molar-refractivity contribution in [2.75, 3.05) is 0 Å². The van der Waals surface area contributed by atoms with Crippen molar-refractivity contribution in [3.63, 3.8) is 0 Å². The molecule has 1 heteroatoms. The first-order valence-electron chi connectivity index (χ1n) is 7.11. The van der Waals surface area contributed by atoms with E-state index in [4.69, 9.17) is 0 Å². The van der Waals surface area contributed by atoms with E-state index < -0.39 is 0 Å². The minimum absolute atomic E-state index is 0.315. The van der Waals surface area contributed by atoms with Crippen LogP contribution in [0.3, 0.4) is 0 Å². The van der Waals surface area contributed by atoms with E-state index in [9.17, 15) is 5.11 Å². The van der Waals surface area contributed by atoms with Crippen molar-refractivity contribution in [2.45, 2.75) is 13.8 Å². The maximum atomic E-state index is 10.2. The Morgan fingerprint density at radius 3 is 2.14 bits per heavy atom. The molecule has 0 amide bonds. The lowest BCUT2D eigenvalue weighted by atomic mass is 9.92. The van der Waals surface area contributed by atoms with E-state index >= 15 is 0 Å². The van der Waals surface area contributed by atoms with E-state index in [0.717, 1.165) is 16.7 Å². The number of hydrogen-bond acceptors (Lipinski definition) is 1. The van der Waals surface area contributed by atoms with Crippen molar-refractivity contribution in [2.24, 2.45) is 0 Å². The summed E-state index contributed by atoms with van der Waals surface area (Å²) in [5.74, 6) is 0.315. The summed E-state index contributed by atoms with van der Waals surface area (Å²) in [5.41, 5.74) is 6.71. The van der Waals surface area contributed by atoms with Crippen LogP contribution in [0, 0.1) is 13.8 Å². The number of aryl methyl sites for hydroxylation is 2. The first-order chi connectivity index (χ1) is 10.1. The Hall–Kier alpha value is -2.54. The van der Waals surface area contributed by atoms with E-state index in [2.05, 4.69) is 56.3 Å². The Kier molecular flexibility index (Phi) is 3.49. The standard InChI is InChI=1S/C20H18O/c1-14-6-5-7-16(12-14)19-13-15(2)10-11-17(19)18-8-3-4-9-20(18)21/h3-13,21H,1-2H3. The van der Waals surface area contributed by atoms with Gasteiger partial charge in [0.05, 0.1) is 0 Å². The van der Waals surface area contributed by atoms with Gasteiger partial charge in [0.2, 0.25) is 0 Å². The molecule has 3 rings (SSSR count). The number of phenols is 1. The Morgan fingerprint density at radius 2 is 1.38 bits per heavy atom. The minimum Gasteiger partial charge on any atom is -0.507 e. The summed E-state index contributed by atoms with van der Waals surface area (Å²) in [6.45, 7) is 4.19. The molecule has 3 aromatic carbocycles. The van der Waals surface area contributed by atoms with Gasteiger partial charge in [-0.05, 0) is 36.6 Å². The molecule has 3 aromatic rings. The second kappa shape index (κ2) is 5.45. The Labute approximate surface area is 125 Å². The van der Waals surface area contributed by atoms with Gasteiger partial charge in [-0.3, -0.25) is 0 Å². The Balaban J connectivity index is 2.25. The van der Waals surface area contributed by atoms with Crippen LogP contribution < -0.4 is 0 Å². The molecule has 0 aromatic heterocycles. The molecule has 104 valence electrons. The van der Waals surface area contributed by atoms with E-state index in [-0.39, 0.29) is 0 Å². The van der Waals surface area contributed by atoms with Crippen LogP contribution in [0.25, 0.3) is 22.3 Å². The van der Waals surface area contributed by atoms with Gasteiger partial charge in [-0.15, -0.1) is 0 Å². The molecule has 0 saturated heterocycles. The third kappa shape index (κ3) is 2.68. The van der Waals surface area contributed by atoms with Gasteiger partial charge < -0.3 is 5.11 Å². The Morgan fingerprint density at radius 1 is 0.619 bits per heavy atom. The second-order valence-electron chi connectivity index (χ2n) is 5.44. The van der Waals surface area contributed by atoms with E-state index in [0.29, 0.717) is 5.75 Å². The van der Waals surface area contributed by atoms with Gasteiger partial charge in [0, 0.05) is 5.56 Å². The first kappa shape index (κ1) is 13.4. The van der Waals surface area contributed by atoms with Gasteiger partial charge >= 0.3 is 0 Å². The van der Waals surface area contributed by atoms with Gasteiger partial charge in [0.1, 0.15) is 5.75 Å². The smallest absolute Gasteiger partial charge is 0.123 e. The highest BCUT2D eigenvalue weighted by Crippen LogP contribution is 2.37. The minimum atomic E-state index is 0.315. The number of phenolic OH excluding ortho intramolecular Hbond substituents is 1. The molecule has 0 heterocycles. The average molecular weight is 274 g/mol. The quantitative estimate of drug-likeness (QED) is 0.668. The fraction of sp³-hybridized carbons (Fsp3) is 0.100. The number of para-hydroxylation sites is 1. The van der Waals surface area contributed by atoms with Crippen LogP contribution in [0.15, 0.2) is 66.7 Å². The van der Waals surface area contributed by atoms with Crippen LogP contribution in [0.1, 0.15) is 11.1 Å². The van der Waals surface area contributed by atoms with Crippen molar-refractivity contribution < 1.29 is 5.11 Å². The third-order valence-electron chi connectivity index (χ3n) is 3.70. The molecule has 0 aliphatic rings. The van der Waals surface area contributed by atoms with Gasteiger partial charge in [0.25, 0.3) is 0 Å². The van der Waals surface area contributed by atoms with E-state index in [1.54, 1.807) is 6.07 Å². The van der Waals surface area contributed by atoms with E-state index in [1.165, 1.54) is 16.7 Å². The van der Waals surface area contributed by atoms with Gasteiger partial charge in [-0.1, -0.05) is 71.8 Å². The molecule has 0 atom stereocenters. The highest BCUT2D eigenvalue weighted by atomic mass is 16.3. The average Bonchev–Trinajstić information content (AvgIpc) is 2.48. The van der Waals surface area contributed by atoms with Crippen molar-refractivity contribution in [1.29, 1.82) is 0 Å². The van der Waals surface area contributed by atoms with Gasteiger partial charge in [-0.2, -0.15) is 0 Å². The summed E-state index contributed by atoms with van der Waals surface area (Å²) in [6, 6.07) is 22.3. The fourth-order valence-electron chi connectivity index (χ4n) is 2.65. The predicted molar refractivity (Wildman–Crippen MR) is 88.5 cm³/mol. The maximum Gasteiger partial charge on any atom is 0.123 e. The molecule has 0 unspecified atom stereocenters. The second-order valence-corrected chi connectivity index (χ2v) is 5.44. The number of aromatic hydroxyl groups is 1. The van der Waals surface area contributed by atoms with Gasteiger partial charge in [0.15, 0.2) is 0 Å². The molecule has 0 radical (unpaired) electrons. The monoisotopic (exact) mass is 274 g/mol. The number of benzene rings is 3. The lowest BCUT2D eigenvalue weighted by Crippen LogP contribution is -1.88. The first-order valence-corrected chi connectivity index (χ1v) is 7.11. The summed E-state index contributed by atoms with van der Waals surface area (Å²) in [5, 5.41) is 10.2. The zero-order valence-electron chi connectivity index (χ0n) is 12.3. The number of hydrogen-bond donors (Lipinski definition) is 1. The van der Waals surface area contributed by atoms with Crippen LogP contribution in [0.5, 0.6) is 5.75 Å². The Bertz CT molecular complexity index is 787. The van der Waals surface area contributed by atoms with Crippen LogP contribution in [0.2, 0.25) is 0 Å². The van der Waals surface area contributed by atoms with Crippen molar-refractivity contribution in [1.82, 2.24) is 0 Å². The molecule has 0 saturated carbocycles. The van der Waals surface area contributed by atoms with Crippen LogP contribution in [-0.2, 0) is 0 Å².